The Bertz CT molecular complexity index is 779. The Morgan fingerprint density at radius 1 is 1.36 bits per heavy atom. The number of hydrogen-bond acceptors (Lipinski definition) is 5. The van der Waals surface area contributed by atoms with E-state index in [1.54, 1.807) is 0 Å². The van der Waals surface area contributed by atoms with Crippen LogP contribution in [0.4, 0.5) is 5.69 Å². The maximum Gasteiger partial charge on any atom is 0.334 e. The van der Waals surface area contributed by atoms with Gasteiger partial charge in [-0.25, -0.2) is 4.79 Å². The van der Waals surface area contributed by atoms with Crippen molar-refractivity contribution in [2.45, 2.75) is 43.3 Å². The number of anilines is 1. The van der Waals surface area contributed by atoms with E-state index in [1.165, 1.54) is 14.0 Å². The fourth-order valence-corrected chi connectivity index (χ4v) is 5.09. The van der Waals surface area contributed by atoms with E-state index in [2.05, 4.69) is 15.5 Å². The summed E-state index contributed by atoms with van der Waals surface area (Å²) in [4.78, 5) is 40.4. The normalized spacial score (nSPS) is 33.0. The molecule has 4 rings (SSSR count). The van der Waals surface area contributed by atoms with Gasteiger partial charge in [-0.15, -0.1) is 0 Å². The molecule has 3 unspecified atom stereocenters. The van der Waals surface area contributed by atoms with Gasteiger partial charge < -0.3 is 15.4 Å². The number of ether oxygens (including phenoxy) is 1. The lowest BCUT2D eigenvalue weighted by molar-refractivity contribution is -0.159. The molecule has 3 heterocycles. The topological polar surface area (TPSA) is 87.7 Å². The molecule has 3 aliphatic rings. The van der Waals surface area contributed by atoms with Crippen molar-refractivity contribution >= 4 is 23.5 Å². The molecule has 7 heteroatoms. The molecule has 25 heavy (non-hydrogen) atoms. The number of nitrogens with one attached hydrogen (secondary N) is 2. The van der Waals surface area contributed by atoms with Crippen molar-refractivity contribution in [3.63, 3.8) is 0 Å². The number of methoxy groups -OCH3 is 1. The lowest BCUT2D eigenvalue weighted by Crippen LogP contribution is -2.70. The maximum atomic E-state index is 13.3. The molecule has 7 nitrogen and oxygen atoms in total. The van der Waals surface area contributed by atoms with Crippen molar-refractivity contribution in [1.29, 1.82) is 0 Å². The van der Waals surface area contributed by atoms with E-state index < -0.39 is 17.0 Å². The summed E-state index contributed by atoms with van der Waals surface area (Å²) in [5.74, 6) is -1.22. The van der Waals surface area contributed by atoms with Gasteiger partial charge in [-0.2, -0.15) is 0 Å². The first kappa shape index (κ1) is 16.1. The molecule has 1 aromatic carbocycles. The second-order valence-electron chi connectivity index (χ2n) is 6.98. The van der Waals surface area contributed by atoms with Crippen LogP contribution in [0, 0.1) is 0 Å². The van der Waals surface area contributed by atoms with E-state index >= 15 is 0 Å². The van der Waals surface area contributed by atoms with Crippen molar-refractivity contribution in [2.75, 3.05) is 19.0 Å². The van der Waals surface area contributed by atoms with Crippen LogP contribution in [0.25, 0.3) is 0 Å². The van der Waals surface area contributed by atoms with Crippen molar-refractivity contribution in [2.24, 2.45) is 0 Å². The summed E-state index contributed by atoms with van der Waals surface area (Å²) in [6, 6.07) is 7.41. The van der Waals surface area contributed by atoms with Gasteiger partial charge in [-0.1, -0.05) is 18.2 Å². The number of benzene rings is 1. The van der Waals surface area contributed by atoms with Gasteiger partial charge in [0.15, 0.2) is 11.1 Å². The molecule has 0 radical (unpaired) electrons. The highest BCUT2D eigenvalue weighted by atomic mass is 16.5. The van der Waals surface area contributed by atoms with Crippen LogP contribution >= 0.6 is 0 Å². The lowest BCUT2D eigenvalue weighted by atomic mass is 9.72. The van der Waals surface area contributed by atoms with Gasteiger partial charge in [-0.3, -0.25) is 14.5 Å². The fraction of sp³-hybridized carbons (Fsp3) is 0.500. The zero-order valence-electron chi connectivity index (χ0n) is 14.3. The Labute approximate surface area is 145 Å². The number of carbonyl (C=O) groups excluding carboxylic acids is 3. The van der Waals surface area contributed by atoms with E-state index in [1.807, 2.05) is 24.3 Å². The van der Waals surface area contributed by atoms with E-state index in [-0.39, 0.29) is 17.9 Å². The summed E-state index contributed by atoms with van der Waals surface area (Å²) < 4.78 is 5.09. The smallest absolute Gasteiger partial charge is 0.334 e. The van der Waals surface area contributed by atoms with Gasteiger partial charge in [0.2, 0.25) is 5.91 Å². The third-order valence-corrected chi connectivity index (χ3v) is 5.78. The zero-order valence-corrected chi connectivity index (χ0v) is 14.3. The van der Waals surface area contributed by atoms with Crippen molar-refractivity contribution < 1.29 is 19.1 Å². The average Bonchev–Trinajstić information content (AvgIpc) is 3.21. The van der Waals surface area contributed by atoms with Gasteiger partial charge in [0.1, 0.15) is 0 Å². The molecule has 132 valence electrons. The van der Waals surface area contributed by atoms with Crippen LogP contribution in [-0.4, -0.2) is 47.9 Å². The molecule has 1 spiro atoms. The predicted octanol–water partition coefficient (Wildman–Crippen LogP) is 0.750. The molecule has 2 saturated heterocycles. The van der Waals surface area contributed by atoms with E-state index in [0.29, 0.717) is 18.7 Å². The van der Waals surface area contributed by atoms with Gasteiger partial charge in [0.25, 0.3) is 5.91 Å². The van der Waals surface area contributed by atoms with Gasteiger partial charge in [0.05, 0.1) is 7.11 Å². The second kappa shape index (κ2) is 5.29. The van der Waals surface area contributed by atoms with Crippen LogP contribution in [0.1, 0.15) is 31.7 Å². The summed E-state index contributed by atoms with van der Waals surface area (Å²) >= 11 is 0. The lowest BCUT2D eigenvalue weighted by Gasteiger charge is -2.43. The Morgan fingerprint density at radius 2 is 2.12 bits per heavy atom. The van der Waals surface area contributed by atoms with E-state index in [0.717, 1.165) is 18.4 Å². The number of fused-ring (bicyclic) bond motifs is 4. The first-order valence-electron chi connectivity index (χ1n) is 8.52. The molecule has 2 amide bonds. The number of para-hydroxylation sites is 1. The summed E-state index contributed by atoms with van der Waals surface area (Å²) in [6.07, 6.45) is 2.20. The number of hydrogen-bond donors (Lipinski definition) is 2. The Hall–Kier alpha value is -2.41. The highest BCUT2D eigenvalue weighted by molar-refractivity contribution is 6.12. The molecular formula is C18H21N3O4. The van der Waals surface area contributed by atoms with Crippen molar-refractivity contribution in [3.05, 3.63) is 29.8 Å². The average molecular weight is 343 g/mol. The van der Waals surface area contributed by atoms with Crippen LogP contribution in [-0.2, 0) is 24.7 Å². The molecule has 2 N–H and O–H groups in total. The minimum absolute atomic E-state index is 0.0443. The molecule has 3 aliphatic heterocycles. The Kier molecular flexibility index (Phi) is 3.40. The molecular weight excluding hydrogens is 322 g/mol. The van der Waals surface area contributed by atoms with Gasteiger partial charge in [0, 0.05) is 24.2 Å². The van der Waals surface area contributed by atoms with Crippen LogP contribution in [0.2, 0.25) is 0 Å². The first-order chi connectivity index (χ1) is 12.0. The molecule has 2 fully saturated rings. The summed E-state index contributed by atoms with van der Waals surface area (Å²) in [6.45, 7) is 2.06. The monoisotopic (exact) mass is 343 g/mol. The standard InChI is InChI=1S/C18H21N3O4/c1-11(22)20-17(16(24)25-2)10-12-6-5-9-21(12)18(17)13-7-3-4-8-14(13)19-15(18)23/h3-4,7-8,12H,5-6,9-10H2,1-2H3,(H,19,23)(H,20,22). The van der Waals surface area contributed by atoms with Gasteiger partial charge in [-0.05, 0) is 31.9 Å². The minimum atomic E-state index is -1.44. The fourth-order valence-electron chi connectivity index (χ4n) is 5.09. The summed E-state index contributed by atoms with van der Waals surface area (Å²) in [7, 11) is 1.29. The molecule has 0 saturated carbocycles. The number of amides is 2. The van der Waals surface area contributed by atoms with Crippen molar-refractivity contribution in [3.8, 4) is 0 Å². The second-order valence-corrected chi connectivity index (χ2v) is 6.98. The van der Waals surface area contributed by atoms with E-state index in [9.17, 15) is 14.4 Å². The minimum Gasteiger partial charge on any atom is -0.467 e. The molecule has 1 aromatic rings. The summed E-state index contributed by atoms with van der Waals surface area (Å²) in [5, 5.41) is 5.73. The number of rotatable bonds is 2. The quantitative estimate of drug-likeness (QED) is 0.774. The zero-order chi connectivity index (χ0) is 17.8. The molecule has 0 aliphatic carbocycles. The highest BCUT2D eigenvalue weighted by Crippen LogP contribution is 2.57. The van der Waals surface area contributed by atoms with Gasteiger partial charge >= 0.3 is 5.97 Å². The molecule has 0 bridgehead atoms. The first-order valence-corrected chi connectivity index (χ1v) is 8.52. The van der Waals surface area contributed by atoms with Crippen LogP contribution < -0.4 is 10.6 Å². The third kappa shape index (κ3) is 1.81. The largest absolute Gasteiger partial charge is 0.467 e. The maximum absolute atomic E-state index is 13.3. The third-order valence-electron chi connectivity index (χ3n) is 5.78. The number of esters is 1. The molecule has 0 aromatic heterocycles. The van der Waals surface area contributed by atoms with Crippen molar-refractivity contribution in [1.82, 2.24) is 10.2 Å². The van der Waals surface area contributed by atoms with Crippen LogP contribution in [0.15, 0.2) is 24.3 Å². The number of carbonyl (C=O) groups is 3. The SMILES string of the molecule is COC(=O)C1(NC(C)=O)CC2CCCN2C12C(=O)Nc1ccccc12. The molecule has 3 atom stereocenters. The Balaban J connectivity index is 2.02. The number of nitrogens with zero attached hydrogens (tertiary/aromatic N) is 1. The van der Waals surface area contributed by atoms with Crippen LogP contribution in [0.3, 0.4) is 0 Å². The Morgan fingerprint density at radius 3 is 2.84 bits per heavy atom. The highest BCUT2D eigenvalue weighted by Gasteiger charge is 2.75. The summed E-state index contributed by atoms with van der Waals surface area (Å²) in [5.41, 5.74) is -1.30. The predicted molar refractivity (Wildman–Crippen MR) is 89.7 cm³/mol. The van der Waals surface area contributed by atoms with E-state index in [4.69, 9.17) is 4.74 Å². The van der Waals surface area contributed by atoms with Crippen LogP contribution in [0.5, 0.6) is 0 Å².